The van der Waals surface area contributed by atoms with Gasteiger partial charge in [0.05, 0.1) is 5.02 Å². The summed E-state index contributed by atoms with van der Waals surface area (Å²) in [7, 11) is 1.90. The first-order valence-corrected chi connectivity index (χ1v) is 6.21. The number of hydrogen-bond acceptors (Lipinski definition) is 4. The molecule has 0 unspecified atom stereocenters. The zero-order valence-electron chi connectivity index (χ0n) is 9.44. The van der Waals surface area contributed by atoms with E-state index in [2.05, 4.69) is 10.2 Å². The second-order valence-corrected chi connectivity index (χ2v) is 5.28. The van der Waals surface area contributed by atoms with Gasteiger partial charge in [-0.05, 0) is 24.6 Å². The van der Waals surface area contributed by atoms with E-state index in [1.54, 1.807) is 12.1 Å². The Hall–Kier alpha value is -1.20. The fraction of sp³-hybridized carbons (Fsp3) is 0.273. The van der Waals surface area contributed by atoms with Gasteiger partial charge in [0, 0.05) is 13.6 Å². The molecule has 0 fully saturated rings. The lowest BCUT2D eigenvalue weighted by Crippen LogP contribution is -2.16. The van der Waals surface area contributed by atoms with Crippen LogP contribution < -0.4 is 4.90 Å². The van der Waals surface area contributed by atoms with E-state index in [4.69, 9.17) is 11.6 Å². The van der Waals surface area contributed by atoms with Crippen LogP contribution in [0.25, 0.3) is 0 Å². The SMILES string of the molecule is Cc1nnc(N(C)Cc2ccc(Cl)c(F)c2)s1. The van der Waals surface area contributed by atoms with Crippen molar-refractivity contribution in [3.63, 3.8) is 0 Å². The first-order valence-electron chi connectivity index (χ1n) is 5.01. The molecule has 17 heavy (non-hydrogen) atoms. The van der Waals surface area contributed by atoms with Crippen LogP contribution in [0.2, 0.25) is 5.02 Å². The Morgan fingerprint density at radius 3 is 2.76 bits per heavy atom. The molecule has 1 aromatic carbocycles. The Morgan fingerprint density at radius 2 is 2.18 bits per heavy atom. The van der Waals surface area contributed by atoms with Gasteiger partial charge in [-0.25, -0.2) is 4.39 Å². The van der Waals surface area contributed by atoms with E-state index in [9.17, 15) is 4.39 Å². The van der Waals surface area contributed by atoms with Gasteiger partial charge in [0.25, 0.3) is 0 Å². The van der Waals surface area contributed by atoms with Crippen molar-refractivity contribution in [3.8, 4) is 0 Å². The molecule has 0 spiro atoms. The largest absolute Gasteiger partial charge is 0.345 e. The third-order valence-corrected chi connectivity index (χ3v) is 3.51. The summed E-state index contributed by atoms with van der Waals surface area (Å²) >= 11 is 7.13. The van der Waals surface area contributed by atoms with Crippen molar-refractivity contribution in [3.05, 3.63) is 39.6 Å². The molecule has 0 amide bonds. The molecule has 0 radical (unpaired) electrons. The van der Waals surface area contributed by atoms with Gasteiger partial charge < -0.3 is 4.90 Å². The van der Waals surface area contributed by atoms with Crippen LogP contribution in [-0.2, 0) is 6.54 Å². The molecule has 2 aromatic rings. The van der Waals surface area contributed by atoms with E-state index >= 15 is 0 Å². The molecule has 0 aliphatic heterocycles. The fourth-order valence-electron chi connectivity index (χ4n) is 1.42. The smallest absolute Gasteiger partial charge is 0.208 e. The molecular weight excluding hydrogens is 261 g/mol. The Morgan fingerprint density at radius 1 is 1.41 bits per heavy atom. The molecular formula is C11H11ClFN3S. The normalized spacial score (nSPS) is 10.6. The molecule has 3 nitrogen and oxygen atoms in total. The minimum absolute atomic E-state index is 0.142. The zero-order chi connectivity index (χ0) is 12.4. The highest BCUT2D eigenvalue weighted by Gasteiger charge is 2.08. The summed E-state index contributed by atoms with van der Waals surface area (Å²) in [5.74, 6) is -0.397. The number of rotatable bonds is 3. The number of hydrogen-bond donors (Lipinski definition) is 0. The minimum atomic E-state index is -0.397. The summed E-state index contributed by atoms with van der Waals surface area (Å²) in [6.07, 6.45) is 0. The van der Waals surface area contributed by atoms with Crippen molar-refractivity contribution in [2.75, 3.05) is 11.9 Å². The second kappa shape index (κ2) is 4.98. The maximum Gasteiger partial charge on any atom is 0.208 e. The number of aromatic nitrogens is 2. The summed E-state index contributed by atoms with van der Waals surface area (Å²) < 4.78 is 13.3. The molecule has 0 saturated heterocycles. The van der Waals surface area contributed by atoms with Gasteiger partial charge in [0.1, 0.15) is 10.8 Å². The Kier molecular flexibility index (Phi) is 3.59. The molecule has 1 heterocycles. The number of aryl methyl sites for hydroxylation is 1. The van der Waals surface area contributed by atoms with E-state index in [1.165, 1.54) is 17.4 Å². The molecule has 2 rings (SSSR count). The predicted octanol–water partition coefficient (Wildman–Crippen LogP) is 3.28. The van der Waals surface area contributed by atoms with Gasteiger partial charge in [-0.3, -0.25) is 0 Å². The van der Waals surface area contributed by atoms with Crippen LogP contribution >= 0.6 is 22.9 Å². The van der Waals surface area contributed by atoms with Crippen molar-refractivity contribution in [1.29, 1.82) is 0 Å². The maximum atomic E-state index is 13.3. The van der Waals surface area contributed by atoms with E-state index in [0.29, 0.717) is 6.54 Å². The minimum Gasteiger partial charge on any atom is -0.345 e. The second-order valence-electron chi connectivity index (χ2n) is 3.71. The van der Waals surface area contributed by atoms with Gasteiger partial charge in [-0.1, -0.05) is 29.0 Å². The van der Waals surface area contributed by atoms with E-state index < -0.39 is 5.82 Å². The van der Waals surface area contributed by atoms with Crippen molar-refractivity contribution in [1.82, 2.24) is 10.2 Å². The maximum absolute atomic E-state index is 13.3. The Balaban J connectivity index is 2.12. The third-order valence-electron chi connectivity index (χ3n) is 2.25. The van der Waals surface area contributed by atoms with Crippen LogP contribution in [0, 0.1) is 12.7 Å². The van der Waals surface area contributed by atoms with Crippen LogP contribution in [0.15, 0.2) is 18.2 Å². The molecule has 0 bridgehead atoms. The van der Waals surface area contributed by atoms with Crippen LogP contribution in [0.5, 0.6) is 0 Å². The van der Waals surface area contributed by atoms with Crippen molar-refractivity contribution < 1.29 is 4.39 Å². The molecule has 6 heteroatoms. The van der Waals surface area contributed by atoms with Crippen molar-refractivity contribution >= 4 is 28.1 Å². The van der Waals surface area contributed by atoms with Crippen molar-refractivity contribution in [2.45, 2.75) is 13.5 Å². The van der Waals surface area contributed by atoms with Gasteiger partial charge in [-0.15, -0.1) is 10.2 Å². The zero-order valence-corrected chi connectivity index (χ0v) is 11.0. The number of nitrogens with zero attached hydrogens (tertiary/aromatic N) is 3. The predicted molar refractivity (Wildman–Crippen MR) is 68.2 cm³/mol. The average molecular weight is 272 g/mol. The summed E-state index contributed by atoms with van der Waals surface area (Å²) in [5.41, 5.74) is 0.849. The first kappa shape index (κ1) is 12.3. The lowest BCUT2D eigenvalue weighted by Gasteiger charge is -2.15. The number of halogens is 2. The third kappa shape index (κ3) is 2.92. The fourth-order valence-corrected chi connectivity index (χ4v) is 2.19. The van der Waals surface area contributed by atoms with Gasteiger partial charge in [0.15, 0.2) is 0 Å². The summed E-state index contributed by atoms with van der Waals surface area (Å²) in [4.78, 5) is 1.92. The molecule has 0 atom stereocenters. The quantitative estimate of drug-likeness (QED) is 0.858. The van der Waals surface area contributed by atoms with E-state index in [-0.39, 0.29) is 5.02 Å². The Labute approximate surface area is 108 Å². The monoisotopic (exact) mass is 271 g/mol. The van der Waals surface area contributed by atoms with Crippen LogP contribution in [0.3, 0.4) is 0 Å². The summed E-state index contributed by atoms with van der Waals surface area (Å²) in [6, 6.07) is 4.80. The lowest BCUT2D eigenvalue weighted by molar-refractivity contribution is 0.625. The lowest BCUT2D eigenvalue weighted by atomic mass is 10.2. The molecule has 1 aromatic heterocycles. The Bertz CT molecular complexity index is 529. The summed E-state index contributed by atoms with van der Waals surface area (Å²) in [6.45, 7) is 2.47. The highest BCUT2D eigenvalue weighted by atomic mass is 35.5. The van der Waals surface area contributed by atoms with Crippen LogP contribution in [-0.4, -0.2) is 17.2 Å². The number of anilines is 1. The van der Waals surface area contributed by atoms with Gasteiger partial charge in [-0.2, -0.15) is 0 Å². The molecule has 0 N–H and O–H groups in total. The molecule has 0 aliphatic carbocycles. The van der Waals surface area contributed by atoms with E-state index in [0.717, 1.165) is 15.7 Å². The van der Waals surface area contributed by atoms with E-state index in [1.807, 2.05) is 18.9 Å². The molecule has 0 saturated carbocycles. The average Bonchev–Trinajstić information content (AvgIpc) is 2.70. The topological polar surface area (TPSA) is 29.0 Å². The highest BCUT2D eigenvalue weighted by molar-refractivity contribution is 7.15. The highest BCUT2D eigenvalue weighted by Crippen LogP contribution is 2.21. The molecule has 0 aliphatic rings. The van der Waals surface area contributed by atoms with Crippen LogP contribution in [0.4, 0.5) is 9.52 Å². The standard InChI is InChI=1S/C11H11ClFN3S/c1-7-14-15-11(17-7)16(2)6-8-3-4-9(12)10(13)5-8/h3-5H,6H2,1-2H3. The summed E-state index contributed by atoms with van der Waals surface area (Å²) in [5, 5.41) is 9.84. The first-order chi connectivity index (χ1) is 8.06. The van der Waals surface area contributed by atoms with Gasteiger partial charge >= 0.3 is 0 Å². The van der Waals surface area contributed by atoms with Crippen molar-refractivity contribution in [2.24, 2.45) is 0 Å². The van der Waals surface area contributed by atoms with Crippen LogP contribution in [0.1, 0.15) is 10.6 Å². The molecule has 90 valence electrons. The van der Waals surface area contributed by atoms with Gasteiger partial charge in [0.2, 0.25) is 5.13 Å². The number of benzene rings is 1.